The van der Waals surface area contributed by atoms with Crippen LogP contribution >= 0.6 is 0 Å². The molecule has 2 heterocycles. The standard InChI is InChI=1S/C18H21FN2O/c1-3-13(2)16-12-22-18(20-16)17-9-6-10-21(17)11-14-7-4-5-8-15(14)19/h4-10,13,16H,3,11-12H2,1-2H3. The van der Waals surface area contributed by atoms with E-state index in [4.69, 9.17) is 9.73 Å². The molecular weight excluding hydrogens is 279 g/mol. The molecule has 2 unspecified atom stereocenters. The fourth-order valence-electron chi connectivity index (χ4n) is 2.65. The van der Waals surface area contributed by atoms with E-state index in [2.05, 4.69) is 13.8 Å². The minimum atomic E-state index is -0.186. The monoisotopic (exact) mass is 300 g/mol. The average molecular weight is 300 g/mol. The lowest BCUT2D eigenvalue weighted by atomic mass is 10.0. The van der Waals surface area contributed by atoms with Gasteiger partial charge in [0.2, 0.25) is 5.90 Å². The van der Waals surface area contributed by atoms with E-state index in [9.17, 15) is 4.39 Å². The molecule has 1 aromatic carbocycles. The van der Waals surface area contributed by atoms with Gasteiger partial charge in [-0.3, -0.25) is 0 Å². The maximum atomic E-state index is 13.8. The van der Waals surface area contributed by atoms with Crippen LogP contribution in [0, 0.1) is 11.7 Å². The van der Waals surface area contributed by atoms with Crippen molar-refractivity contribution in [2.75, 3.05) is 6.61 Å². The second-order valence-electron chi connectivity index (χ2n) is 5.81. The van der Waals surface area contributed by atoms with Crippen LogP contribution in [0.3, 0.4) is 0 Å². The van der Waals surface area contributed by atoms with Gasteiger partial charge in [0, 0.05) is 11.8 Å². The molecule has 1 aliphatic rings. The number of aliphatic imine (C=N–C) groups is 1. The number of hydrogen-bond donors (Lipinski definition) is 0. The van der Waals surface area contributed by atoms with Crippen molar-refractivity contribution in [2.24, 2.45) is 10.9 Å². The molecule has 0 saturated carbocycles. The van der Waals surface area contributed by atoms with E-state index in [0.29, 0.717) is 30.5 Å². The number of nitrogens with zero attached hydrogens (tertiary/aromatic N) is 2. The van der Waals surface area contributed by atoms with Crippen LogP contribution in [-0.4, -0.2) is 23.1 Å². The second kappa shape index (κ2) is 6.34. The first-order valence-electron chi connectivity index (χ1n) is 7.78. The Morgan fingerprint density at radius 2 is 2.14 bits per heavy atom. The molecule has 0 fully saturated rings. The summed E-state index contributed by atoms with van der Waals surface area (Å²) in [4.78, 5) is 4.71. The predicted octanol–water partition coefficient (Wildman–Crippen LogP) is 3.87. The summed E-state index contributed by atoms with van der Waals surface area (Å²) in [5.74, 6) is 0.994. The summed E-state index contributed by atoms with van der Waals surface area (Å²) in [6.45, 7) is 5.47. The van der Waals surface area contributed by atoms with Crippen molar-refractivity contribution in [1.82, 2.24) is 4.57 Å². The molecule has 0 aliphatic carbocycles. The second-order valence-corrected chi connectivity index (χ2v) is 5.81. The van der Waals surface area contributed by atoms with E-state index in [0.717, 1.165) is 12.1 Å². The molecule has 1 aromatic heterocycles. The summed E-state index contributed by atoms with van der Waals surface area (Å²) in [5.41, 5.74) is 1.58. The fraction of sp³-hybridized carbons (Fsp3) is 0.389. The fourth-order valence-corrected chi connectivity index (χ4v) is 2.65. The van der Waals surface area contributed by atoms with Crippen molar-refractivity contribution in [1.29, 1.82) is 0 Å². The summed E-state index contributed by atoms with van der Waals surface area (Å²) >= 11 is 0. The third-order valence-electron chi connectivity index (χ3n) is 4.32. The van der Waals surface area contributed by atoms with Crippen LogP contribution in [0.2, 0.25) is 0 Å². The van der Waals surface area contributed by atoms with E-state index in [-0.39, 0.29) is 11.9 Å². The first-order valence-corrected chi connectivity index (χ1v) is 7.78. The molecule has 0 N–H and O–H groups in total. The zero-order valence-electron chi connectivity index (χ0n) is 13.0. The Balaban J connectivity index is 1.83. The van der Waals surface area contributed by atoms with Gasteiger partial charge in [0.25, 0.3) is 0 Å². The van der Waals surface area contributed by atoms with E-state index in [1.165, 1.54) is 6.07 Å². The predicted molar refractivity (Wildman–Crippen MR) is 85.7 cm³/mol. The maximum Gasteiger partial charge on any atom is 0.233 e. The molecule has 2 atom stereocenters. The van der Waals surface area contributed by atoms with Crippen LogP contribution in [0.1, 0.15) is 31.5 Å². The van der Waals surface area contributed by atoms with Crippen molar-refractivity contribution < 1.29 is 9.13 Å². The van der Waals surface area contributed by atoms with Crippen molar-refractivity contribution in [3.8, 4) is 0 Å². The van der Waals surface area contributed by atoms with E-state index in [1.807, 2.05) is 29.0 Å². The molecule has 116 valence electrons. The molecule has 3 rings (SSSR count). The van der Waals surface area contributed by atoms with Gasteiger partial charge >= 0.3 is 0 Å². The van der Waals surface area contributed by atoms with Gasteiger partial charge in [-0.15, -0.1) is 0 Å². The van der Waals surface area contributed by atoms with Crippen LogP contribution in [0.4, 0.5) is 4.39 Å². The lowest BCUT2D eigenvalue weighted by Gasteiger charge is -2.11. The highest BCUT2D eigenvalue weighted by Crippen LogP contribution is 2.21. The van der Waals surface area contributed by atoms with Gasteiger partial charge in [-0.2, -0.15) is 0 Å². The first-order chi connectivity index (χ1) is 10.7. The van der Waals surface area contributed by atoms with Crippen LogP contribution in [0.5, 0.6) is 0 Å². The zero-order chi connectivity index (χ0) is 15.5. The zero-order valence-corrected chi connectivity index (χ0v) is 13.0. The van der Waals surface area contributed by atoms with Crippen molar-refractivity contribution in [3.63, 3.8) is 0 Å². The van der Waals surface area contributed by atoms with Crippen molar-refractivity contribution in [3.05, 3.63) is 59.7 Å². The number of ether oxygens (including phenoxy) is 1. The molecule has 0 amide bonds. The summed E-state index contributed by atoms with van der Waals surface area (Å²) in [7, 11) is 0. The molecular formula is C18H21FN2O. The minimum Gasteiger partial charge on any atom is -0.474 e. The summed E-state index contributed by atoms with van der Waals surface area (Å²) < 4.78 is 21.6. The molecule has 1 aliphatic heterocycles. The Kier molecular flexibility index (Phi) is 4.27. The number of aromatic nitrogens is 1. The molecule has 4 heteroatoms. The Morgan fingerprint density at radius 3 is 2.91 bits per heavy atom. The third-order valence-corrected chi connectivity index (χ3v) is 4.32. The lowest BCUT2D eigenvalue weighted by molar-refractivity contribution is 0.281. The van der Waals surface area contributed by atoms with E-state index in [1.54, 1.807) is 12.1 Å². The third kappa shape index (κ3) is 2.91. The smallest absolute Gasteiger partial charge is 0.233 e. The number of rotatable bonds is 5. The van der Waals surface area contributed by atoms with Crippen LogP contribution < -0.4 is 0 Å². The van der Waals surface area contributed by atoms with Gasteiger partial charge in [-0.25, -0.2) is 9.38 Å². The molecule has 0 radical (unpaired) electrons. The Hall–Kier alpha value is -2.10. The summed E-state index contributed by atoms with van der Waals surface area (Å²) in [6, 6.07) is 11.0. The van der Waals surface area contributed by atoms with Crippen LogP contribution in [-0.2, 0) is 11.3 Å². The van der Waals surface area contributed by atoms with Gasteiger partial charge in [0.05, 0.1) is 12.6 Å². The highest BCUT2D eigenvalue weighted by molar-refractivity contribution is 5.93. The average Bonchev–Trinajstić information content (AvgIpc) is 3.17. The normalized spacial score (nSPS) is 18.9. The van der Waals surface area contributed by atoms with Crippen LogP contribution in [0.15, 0.2) is 47.6 Å². The molecule has 0 bridgehead atoms. The van der Waals surface area contributed by atoms with Crippen LogP contribution in [0.25, 0.3) is 0 Å². The maximum absolute atomic E-state index is 13.8. The van der Waals surface area contributed by atoms with Gasteiger partial charge in [0.15, 0.2) is 0 Å². The molecule has 0 spiro atoms. The van der Waals surface area contributed by atoms with Crippen molar-refractivity contribution >= 4 is 5.90 Å². The lowest BCUT2D eigenvalue weighted by Crippen LogP contribution is -2.16. The van der Waals surface area contributed by atoms with Gasteiger partial charge in [-0.05, 0) is 24.1 Å². The quantitative estimate of drug-likeness (QED) is 0.823. The summed E-state index contributed by atoms with van der Waals surface area (Å²) in [5, 5.41) is 0. The number of hydrogen-bond acceptors (Lipinski definition) is 2. The number of halogens is 1. The molecule has 2 aromatic rings. The SMILES string of the molecule is CCC(C)C1COC(c2cccn2Cc2ccccc2F)=N1. The molecule has 3 nitrogen and oxygen atoms in total. The largest absolute Gasteiger partial charge is 0.474 e. The van der Waals surface area contributed by atoms with Gasteiger partial charge in [-0.1, -0.05) is 38.5 Å². The number of benzene rings is 1. The van der Waals surface area contributed by atoms with Gasteiger partial charge < -0.3 is 9.30 Å². The topological polar surface area (TPSA) is 26.5 Å². The van der Waals surface area contributed by atoms with Crippen molar-refractivity contribution in [2.45, 2.75) is 32.9 Å². The van der Waals surface area contributed by atoms with Gasteiger partial charge in [0.1, 0.15) is 18.1 Å². The Labute approximate surface area is 130 Å². The first kappa shape index (κ1) is 14.8. The molecule has 22 heavy (non-hydrogen) atoms. The van der Waals surface area contributed by atoms with E-state index < -0.39 is 0 Å². The highest BCUT2D eigenvalue weighted by atomic mass is 19.1. The van der Waals surface area contributed by atoms with E-state index >= 15 is 0 Å². The highest BCUT2D eigenvalue weighted by Gasteiger charge is 2.25. The Bertz CT molecular complexity index is 677. The summed E-state index contributed by atoms with van der Waals surface area (Å²) in [6.07, 6.45) is 3.02. The Morgan fingerprint density at radius 1 is 1.32 bits per heavy atom. The molecule has 0 saturated heterocycles. The minimum absolute atomic E-state index is 0.186.